The Kier molecular flexibility index (Phi) is 5.08. The van der Waals surface area contributed by atoms with Crippen LogP contribution in [0.15, 0.2) is 0 Å². The second kappa shape index (κ2) is 5.10. The smallest absolute Gasteiger partial charge is 0.155 e. The molecule has 8 heavy (non-hydrogen) atoms. The van der Waals surface area contributed by atoms with E-state index in [2.05, 4.69) is 17.7 Å². The van der Waals surface area contributed by atoms with Crippen LogP contribution in [0.3, 0.4) is 0 Å². The summed E-state index contributed by atoms with van der Waals surface area (Å²) in [5.74, 6) is 0.720. The number of rotatable bonds is 3. The molecule has 0 aromatic carbocycles. The average molecular weight is 135 g/mol. The highest BCUT2D eigenvalue weighted by Gasteiger charge is 1.93. The molecule has 0 amide bonds. The van der Waals surface area contributed by atoms with Crippen molar-refractivity contribution in [3.63, 3.8) is 0 Å². The van der Waals surface area contributed by atoms with Crippen molar-refractivity contribution in [2.75, 3.05) is 19.0 Å². The van der Waals surface area contributed by atoms with Crippen LogP contribution in [0, 0.1) is 0 Å². The topological polar surface area (TPSA) is 3.01 Å². The molecular formula is C6H13ClN+. The monoisotopic (exact) mass is 134 g/mol. The minimum absolute atomic E-state index is 0.720. The third-order valence-electron chi connectivity index (χ3n) is 1.14. The first kappa shape index (κ1) is 7.96. The van der Waals surface area contributed by atoms with Crippen molar-refractivity contribution in [1.29, 1.82) is 0 Å². The lowest BCUT2D eigenvalue weighted by atomic mass is 10.6. The van der Waals surface area contributed by atoms with E-state index in [1.807, 2.05) is 6.92 Å². The molecule has 0 aliphatic rings. The number of alkyl halides is 1. The van der Waals surface area contributed by atoms with Crippen LogP contribution in [-0.2, 0) is 0 Å². The van der Waals surface area contributed by atoms with Crippen LogP contribution in [0.2, 0.25) is 0 Å². The molecule has 48 valence electrons. The molecule has 0 spiro atoms. The van der Waals surface area contributed by atoms with Gasteiger partial charge in [0, 0.05) is 6.92 Å². The van der Waals surface area contributed by atoms with Crippen LogP contribution in [0.4, 0.5) is 0 Å². The molecule has 0 aromatic rings. The SMILES string of the molecule is CC=[N+](CC)CCCl. The highest BCUT2D eigenvalue weighted by atomic mass is 35.5. The summed E-state index contributed by atoms with van der Waals surface area (Å²) < 4.78 is 2.17. The summed E-state index contributed by atoms with van der Waals surface area (Å²) >= 11 is 5.49. The molecule has 0 fully saturated rings. The highest BCUT2D eigenvalue weighted by molar-refractivity contribution is 6.17. The second-order valence-electron chi connectivity index (χ2n) is 1.58. The Balaban J connectivity index is 3.38. The predicted molar refractivity (Wildman–Crippen MR) is 38.1 cm³/mol. The fraction of sp³-hybridized carbons (Fsp3) is 0.833. The van der Waals surface area contributed by atoms with Gasteiger partial charge in [0.2, 0.25) is 0 Å². The molecule has 1 nitrogen and oxygen atoms in total. The van der Waals surface area contributed by atoms with E-state index in [9.17, 15) is 0 Å². The Morgan fingerprint density at radius 3 is 2.38 bits per heavy atom. The average Bonchev–Trinajstić information content (AvgIpc) is 1.83. The Labute approximate surface area is 56.0 Å². The lowest BCUT2D eigenvalue weighted by Crippen LogP contribution is -2.13. The number of hydrogen-bond donors (Lipinski definition) is 0. The van der Waals surface area contributed by atoms with E-state index in [1.165, 1.54) is 0 Å². The van der Waals surface area contributed by atoms with Gasteiger partial charge in [-0.3, -0.25) is 0 Å². The van der Waals surface area contributed by atoms with Crippen LogP contribution >= 0.6 is 11.6 Å². The van der Waals surface area contributed by atoms with Gasteiger partial charge in [-0.2, -0.15) is 0 Å². The normalized spacial score (nSPS) is 12.1. The molecule has 0 radical (unpaired) electrons. The zero-order chi connectivity index (χ0) is 6.41. The van der Waals surface area contributed by atoms with Gasteiger partial charge in [-0.15, -0.1) is 11.6 Å². The third-order valence-corrected chi connectivity index (χ3v) is 1.31. The van der Waals surface area contributed by atoms with Gasteiger partial charge in [0.05, 0.1) is 5.88 Å². The zero-order valence-corrected chi connectivity index (χ0v) is 6.28. The van der Waals surface area contributed by atoms with Crippen molar-refractivity contribution in [3.05, 3.63) is 0 Å². The van der Waals surface area contributed by atoms with Crippen LogP contribution in [0.25, 0.3) is 0 Å². The summed E-state index contributed by atoms with van der Waals surface area (Å²) in [5.41, 5.74) is 0. The van der Waals surface area contributed by atoms with Crippen LogP contribution < -0.4 is 0 Å². The summed E-state index contributed by atoms with van der Waals surface area (Å²) in [6.07, 6.45) is 2.06. The molecule has 0 aromatic heterocycles. The number of nitrogens with zero attached hydrogens (tertiary/aromatic N) is 1. The van der Waals surface area contributed by atoms with Crippen LogP contribution in [-0.4, -0.2) is 29.8 Å². The van der Waals surface area contributed by atoms with Crippen molar-refractivity contribution in [1.82, 2.24) is 0 Å². The molecule has 0 rings (SSSR count). The van der Waals surface area contributed by atoms with E-state index in [-0.39, 0.29) is 0 Å². The van der Waals surface area contributed by atoms with E-state index in [0.29, 0.717) is 0 Å². The van der Waals surface area contributed by atoms with Gasteiger partial charge in [-0.25, -0.2) is 4.58 Å². The van der Waals surface area contributed by atoms with Crippen molar-refractivity contribution in [2.45, 2.75) is 13.8 Å². The summed E-state index contributed by atoms with van der Waals surface area (Å²) in [4.78, 5) is 0. The molecule has 0 atom stereocenters. The summed E-state index contributed by atoms with van der Waals surface area (Å²) in [5, 5.41) is 0. The lowest BCUT2D eigenvalue weighted by Gasteiger charge is -1.93. The van der Waals surface area contributed by atoms with Crippen molar-refractivity contribution in [3.8, 4) is 0 Å². The standard InChI is InChI=1S/C6H13ClN/c1-3-8(4-2)6-5-7/h3H,4-6H2,1-2H3/q+1. The molecule has 0 saturated heterocycles. The maximum atomic E-state index is 5.49. The van der Waals surface area contributed by atoms with E-state index < -0.39 is 0 Å². The van der Waals surface area contributed by atoms with Gasteiger partial charge >= 0.3 is 0 Å². The molecule has 0 unspecified atom stereocenters. The third kappa shape index (κ3) is 3.03. The van der Waals surface area contributed by atoms with Gasteiger partial charge in [0.1, 0.15) is 12.8 Å². The maximum absolute atomic E-state index is 5.49. The molecule has 0 heterocycles. The van der Waals surface area contributed by atoms with Gasteiger partial charge in [-0.1, -0.05) is 0 Å². The summed E-state index contributed by atoms with van der Waals surface area (Å²) in [6, 6.07) is 0. The lowest BCUT2D eigenvalue weighted by molar-refractivity contribution is -0.515. The minimum atomic E-state index is 0.720. The molecule has 0 aliphatic carbocycles. The van der Waals surface area contributed by atoms with Crippen LogP contribution in [0.5, 0.6) is 0 Å². The molecule has 0 N–H and O–H groups in total. The van der Waals surface area contributed by atoms with Gasteiger partial charge < -0.3 is 0 Å². The Morgan fingerprint density at radius 1 is 1.62 bits per heavy atom. The first-order valence-electron chi connectivity index (χ1n) is 2.94. The zero-order valence-electron chi connectivity index (χ0n) is 5.52. The minimum Gasteiger partial charge on any atom is -0.239 e. The van der Waals surface area contributed by atoms with E-state index in [1.54, 1.807) is 0 Å². The first-order chi connectivity index (χ1) is 3.85. The predicted octanol–water partition coefficient (Wildman–Crippen LogP) is 1.35. The van der Waals surface area contributed by atoms with Crippen LogP contribution in [0.1, 0.15) is 13.8 Å². The van der Waals surface area contributed by atoms with E-state index >= 15 is 0 Å². The highest BCUT2D eigenvalue weighted by Crippen LogP contribution is 1.77. The van der Waals surface area contributed by atoms with Crippen molar-refractivity contribution >= 4 is 17.8 Å². The molecular weight excluding hydrogens is 122 g/mol. The first-order valence-corrected chi connectivity index (χ1v) is 3.48. The fourth-order valence-corrected chi connectivity index (χ4v) is 0.795. The maximum Gasteiger partial charge on any atom is 0.155 e. The Morgan fingerprint density at radius 2 is 2.25 bits per heavy atom. The van der Waals surface area contributed by atoms with Gasteiger partial charge in [0.15, 0.2) is 6.54 Å². The van der Waals surface area contributed by atoms with Gasteiger partial charge in [0.25, 0.3) is 0 Å². The Bertz CT molecular complexity index is 78.6. The largest absolute Gasteiger partial charge is 0.239 e. The van der Waals surface area contributed by atoms with Crippen molar-refractivity contribution < 1.29 is 4.58 Å². The number of hydrogen-bond acceptors (Lipinski definition) is 0. The second-order valence-corrected chi connectivity index (χ2v) is 1.95. The summed E-state index contributed by atoms with van der Waals surface area (Å²) in [7, 11) is 0. The molecule has 0 saturated carbocycles. The molecule has 2 heteroatoms. The fourth-order valence-electron chi connectivity index (χ4n) is 0.578. The quantitative estimate of drug-likeness (QED) is 0.312. The molecule has 0 bridgehead atoms. The number of halogens is 1. The van der Waals surface area contributed by atoms with E-state index in [4.69, 9.17) is 11.6 Å². The van der Waals surface area contributed by atoms with Gasteiger partial charge in [-0.05, 0) is 6.92 Å². The molecule has 0 aliphatic heterocycles. The van der Waals surface area contributed by atoms with E-state index in [0.717, 1.165) is 19.0 Å². The van der Waals surface area contributed by atoms with Crippen molar-refractivity contribution in [2.24, 2.45) is 0 Å². The summed E-state index contributed by atoms with van der Waals surface area (Å²) in [6.45, 7) is 6.17. The Hall–Kier alpha value is -0.0400.